The Bertz CT molecular complexity index is 658. The summed E-state index contributed by atoms with van der Waals surface area (Å²) < 4.78 is 5.05. The van der Waals surface area contributed by atoms with E-state index in [4.69, 9.17) is 22.1 Å². The average molecular weight is 337 g/mol. The molecular weight excluding hydrogens is 316 g/mol. The van der Waals surface area contributed by atoms with E-state index in [2.05, 4.69) is 9.97 Å². The van der Waals surface area contributed by atoms with Crippen molar-refractivity contribution in [1.29, 1.82) is 0 Å². The molecule has 0 saturated carbocycles. The number of allylic oxidation sites excluding steroid dienone is 3. The Labute approximate surface area is 141 Å². The first-order valence-corrected chi connectivity index (χ1v) is 7.78. The van der Waals surface area contributed by atoms with Gasteiger partial charge in [0, 0.05) is 18.5 Å². The number of hydrogen-bond acceptors (Lipinski definition) is 5. The number of hydrogen-bond donors (Lipinski definition) is 1. The third-order valence-electron chi connectivity index (χ3n) is 3.82. The first-order chi connectivity index (χ1) is 10.9. The summed E-state index contributed by atoms with van der Waals surface area (Å²) in [5, 5.41) is 0.151. The molecule has 0 fully saturated rings. The summed E-state index contributed by atoms with van der Waals surface area (Å²) in [4.78, 5) is 22.5. The van der Waals surface area contributed by atoms with E-state index in [1.165, 1.54) is 0 Å². The molecule has 0 bridgehead atoms. The maximum atomic E-state index is 12.5. The fourth-order valence-corrected chi connectivity index (χ4v) is 2.59. The van der Waals surface area contributed by atoms with Crippen LogP contribution in [0.3, 0.4) is 0 Å². The van der Waals surface area contributed by atoms with E-state index in [0.29, 0.717) is 25.3 Å². The molecule has 1 aromatic rings. The summed E-state index contributed by atoms with van der Waals surface area (Å²) in [6.45, 7) is 4.74. The van der Waals surface area contributed by atoms with Gasteiger partial charge in [-0.3, -0.25) is 4.79 Å². The van der Waals surface area contributed by atoms with Gasteiger partial charge in [0.25, 0.3) is 0 Å². The number of nitrogens with two attached hydrogens (primary N) is 1. The van der Waals surface area contributed by atoms with E-state index in [1.807, 2.05) is 32.1 Å². The topological polar surface area (TPSA) is 81.3 Å². The van der Waals surface area contributed by atoms with Crippen molar-refractivity contribution < 1.29 is 9.53 Å². The molecule has 1 amide bonds. The van der Waals surface area contributed by atoms with E-state index >= 15 is 0 Å². The highest BCUT2D eigenvalue weighted by molar-refractivity contribution is 6.28. The Morgan fingerprint density at radius 2 is 2.22 bits per heavy atom. The van der Waals surface area contributed by atoms with Crippen LogP contribution in [0.25, 0.3) is 0 Å². The number of ether oxygens (including phenoxy) is 1. The molecule has 1 aliphatic heterocycles. The van der Waals surface area contributed by atoms with Crippen LogP contribution < -0.4 is 5.73 Å². The van der Waals surface area contributed by atoms with Crippen LogP contribution in [0.2, 0.25) is 5.28 Å². The van der Waals surface area contributed by atoms with Gasteiger partial charge in [-0.05, 0) is 24.6 Å². The van der Waals surface area contributed by atoms with Gasteiger partial charge in [-0.25, -0.2) is 9.97 Å². The van der Waals surface area contributed by atoms with Crippen molar-refractivity contribution >= 4 is 23.3 Å². The summed E-state index contributed by atoms with van der Waals surface area (Å²) in [5.74, 6) is 0.950. The lowest BCUT2D eigenvalue weighted by Crippen LogP contribution is -2.39. The molecular formula is C16H21ClN4O2. The molecule has 0 spiro atoms. The number of anilines is 1. The second kappa shape index (κ2) is 7.46. The fourth-order valence-electron chi connectivity index (χ4n) is 2.39. The van der Waals surface area contributed by atoms with Gasteiger partial charge in [-0.2, -0.15) is 0 Å². The fraction of sp³-hybridized carbons (Fsp3) is 0.438. The Hall–Kier alpha value is -2.08. The highest BCUT2D eigenvalue weighted by atomic mass is 35.5. The van der Waals surface area contributed by atoms with Crippen LogP contribution in [-0.4, -0.2) is 34.4 Å². The van der Waals surface area contributed by atoms with Crippen molar-refractivity contribution in [1.82, 2.24) is 14.9 Å². The normalized spacial score (nSPS) is 16.3. The first-order valence-electron chi connectivity index (χ1n) is 7.41. The quantitative estimate of drug-likeness (QED) is 0.518. The molecule has 0 aliphatic carbocycles. The van der Waals surface area contributed by atoms with Crippen molar-refractivity contribution in [3.63, 3.8) is 0 Å². The molecule has 1 atom stereocenters. The molecule has 6 nitrogen and oxygen atoms in total. The highest BCUT2D eigenvalue weighted by Crippen LogP contribution is 2.24. The minimum absolute atomic E-state index is 0.0460. The molecule has 0 radical (unpaired) electrons. The molecule has 7 heteroatoms. The zero-order chi connectivity index (χ0) is 17.0. The summed E-state index contributed by atoms with van der Waals surface area (Å²) in [5.41, 5.74) is 7.52. The number of carbonyl (C=O) groups is 1. The third-order valence-corrected chi connectivity index (χ3v) is 3.99. The van der Waals surface area contributed by atoms with Crippen molar-refractivity contribution in [3.05, 3.63) is 40.5 Å². The number of methoxy groups -OCH3 is 1. The number of carbonyl (C=O) groups excluding carboxylic acids is 1. The predicted octanol–water partition coefficient (Wildman–Crippen LogP) is 2.34. The second-order valence-electron chi connectivity index (χ2n) is 5.47. The zero-order valence-electron chi connectivity index (χ0n) is 13.5. The van der Waals surface area contributed by atoms with Crippen LogP contribution in [0.15, 0.2) is 24.0 Å². The van der Waals surface area contributed by atoms with E-state index < -0.39 is 0 Å². The summed E-state index contributed by atoms with van der Waals surface area (Å²) in [6.07, 6.45) is 6.13. The lowest BCUT2D eigenvalue weighted by Gasteiger charge is -2.30. The molecule has 2 N–H and O–H groups in total. The van der Waals surface area contributed by atoms with Gasteiger partial charge in [0.15, 0.2) is 0 Å². The molecule has 1 unspecified atom stereocenters. The highest BCUT2D eigenvalue weighted by Gasteiger charge is 2.26. The van der Waals surface area contributed by atoms with Crippen molar-refractivity contribution in [2.75, 3.05) is 19.4 Å². The first kappa shape index (κ1) is 17.3. The molecule has 1 aromatic heterocycles. The number of aromatic nitrogens is 2. The number of amides is 1. The number of nitrogen functional groups attached to an aromatic ring is 1. The Kier molecular flexibility index (Phi) is 5.60. The zero-order valence-corrected chi connectivity index (χ0v) is 14.3. The number of nitrogens with zero attached hydrogens (tertiary/aromatic N) is 3. The predicted molar refractivity (Wildman–Crippen MR) is 89.6 cm³/mol. The van der Waals surface area contributed by atoms with Gasteiger partial charge in [0.1, 0.15) is 5.82 Å². The largest absolute Gasteiger partial charge is 0.501 e. The van der Waals surface area contributed by atoms with Crippen LogP contribution >= 0.6 is 11.6 Å². The smallest absolute Gasteiger partial charge is 0.229 e. The van der Waals surface area contributed by atoms with Crippen molar-refractivity contribution in [3.8, 4) is 0 Å². The summed E-state index contributed by atoms with van der Waals surface area (Å²) in [6, 6.07) is 0. The van der Waals surface area contributed by atoms with Gasteiger partial charge in [-0.1, -0.05) is 19.1 Å². The number of fused-ring (bicyclic) bond motifs is 1. The Morgan fingerprint density at radius 3 is 2.91 bits per heavy atom. The van der Waals surface area contributed by atoms with Crippen molar-refractivity contribution in [2.45, 2.75) is 26.8 Å². The molecule has 1 aliphatic rings. The van der Waals surface area contributed by atoms with Gasteiger partial charge in [0.05, 0.1) is 31.0 Å². The molecule has 0 aromatic carbocycles. The van der Waals surface area contributed by atoms with E-state index in [9.17, 15) is 4.79 Å². The van der Waals surface area contributed by atoms with Gasteiger partial charge in [-0.15, -0.1) is 0 Å². The molecule has 2 rings (SSSR count). The van der Waals surface area contributed by atoms with E-state index in [0.717, 1.165) is 17.0 Å². The van der Waals surface area contributed by atoms with E-state index in [-0.39, 0.29) is 17.1 Å². The number of halogens is 1. The molecule has 0 saturated heterocycles. The number of rotatable bonds is 4. The van der Waals surface area contributed by atoms with Gasteiger partial charge in [0.2, 0.25) is 11.2 Å². The Balaban J connectivity index is 2.07. The third kappa shape index (κ3) is 4.22. The van der Waals surface area contributed by atoms with Crippen LogP contribution in [-0.2, 0) is 22.5 Å². The Morgan fingerprint density at radius 1 is 1.48 bits per heavy atom. The SMILES string of the molecule is CO/C(C)=C/C=C\C(C)C(=O)N1CCc2nc(Cl)nc(N)c2C1. The minimum Gasteiger partial charge on any atom is -0.501 e. The van der Waals surface area contributed by atoms with E-state index in [1.54, 1.807) is 12.0 Å². The standard InChI is InChI=1S/C16H21ClN4O2/c1-10(5-4-6-11(2)23-3)15(22)21-8-7-13-12(9-21)14(18)20-16(17)19-13/h4-6,10H,7-9H2,1-3H3,(H2,18,19,20)/b5-4-,11-6+. The summed E-state index contributed by atoms with van der Waals surface area (Å²) >= 11 is 5.82. The lowest BCUT2D eigenvalue weighted by atomic mass is 10.0. The van der Waals surface area contributed by atoms with Crippen LogP contribution in [0.4, 0.5) is 5.82 Å². The molecule has 124 valence electrons. The summed E-state index contributed by atoms with van der Waals surface area (Å²) in [7, 11) is 1.61. The molecule has 23 heavy (non-hydrogen) atoms. The van der Waals surface area contributed by atoms with Gasteiger partial charge < -0.3 is 15.4 Å². The van der Waals surface area contributed by atoms with Crippen LogP contribution in [0.5, 0.6) is 0 Å². The monoisotopic (exact) mass is 336 g/mol. The van der Waals surface area contributed by atoms with Crippen molar-refractivity contribution in [2.24, 2.45) is 5.92 Å². The molecule has 2 heterocycles. The van der Waals surface area contributed by atoms with Crippen LogP contribution in [0.1, 0.15) is 25.1 Å². The minimum atomic E-state index is -0.230. The van der Waals surface area contributed by atoms with Gasteiger partial charge >= 0.3 is 0 Å². The average Bonchev–Trinajstić information content (AvgIpc) is 2.53. The maximum Gasteiger partial charge on any atom is 0.229 e. The lowest BCUT2D eigenvalue weighted by molar-refractivity contribution is -0.134. The second-order valence-corrected chi connectivity index (χ2v) is 5.81. The maximum absolute atomic E-state index is 12.5. The van der Waals surface area contributed by atoms with Crippen LogP contribution in [0, 0.1) is 5.92 Å².